The summed E-state index contributed by atoms with van der Waals surface area (Å²) in [7, 11) is 3.23. The monoisotopic (exact) mass is 479 g/mol. The van der Waals surface area contributed by atoms with Crippen molar-refractivity contribution >= 4 is 17.6 Å². The molecule has 2 aliphatic heterocycles. The molecule has 2 atom stereocenters. The van der Waals surface area contributed by atoms with Crippen LogP contribution < -0.4 is 9.47 Å². The maximum Gasteiger partial charge on any atom is 0.323 e. The Balaban J connectivity index is 1.65. The van der Waals surface area contributed by atoms with E-state index in [9.17, 15) is 9.59 Å². The van der Waals surface area contributed by atoms with Gasteiger partial charge in [-0.2, -0.15) is 5.10 Å². The third-order valence-electron chi connectivity index (χ3n) is 6.58. The molecule has 2 aliphatic rings. The summed E-state index contributed by atoms with van der Waals surface area (Å²) in [6.07, 6.45) is 3.12. The number of rotatable bonds is 8. The van der Waals surface area contributed by atoms with Crippen LogP contribution >= 0.6 is 0 Å². The Labute approximate surface area is 206 Å². The van der Waals surface area contributed by atoms with Crippen molar-refractivity contribution in [2.45, 2.75) is 44.7 Å². The van der Waals surface area contributed by atoms with Gasteiger partial charge in [0.1, 0.15) is 17.5 Å². The standard InChI is InChI=1S/C27H33N3O5/c1-4-35-27(32)23-12-8-9-15-29(23)18-26(31)30-24(17-22(28-30)19-10-6-5-7-11-19)21-16-20(33-2)13-14-25(21)34-3/h5-7,10-11,13-14,16,23-24H,4,8-9,12,15,17-18H2,1-3H3. The molecule has 2 heterocycles. The number of benzene rings is 2. The van der Waals surface area contributed by atoms with Gasteiger partial charge in [-0.3, -0.25) is 14.5 Å². The number of amides is 1. The van der Waals surface area contributed by atoms with Crippen molar-refractivity contribution in [1.29, 1.82) is 0 Å². The molecule has 0 bridgehead atoms. The molecular formula is C27H33N3O5. The van der Waals surface area contributed by atoms with E-state index in [4.69, 9.17) is 19.3 Å². The van der Waals surface area contributed by atoms with E-state index in [0.717, 1.165) is 29.7 Å². The van der Waals surface area contributed by atoms with Crippen molar-refractivity contribution in [3.05, 3.63) is 59.7 Å². The molecule has 1 saturated heterocycles. The fraction of sp³-hybridized carbons (Fsp3) is 0.444. The van der Waals surface area contributed by atoms with E-state index >= 15 is 0 Å². The van der Waals surface area contributed by atoms with Crippen LogP contribution in [0.1, 0.15) is 49.8 Å². The van der Waals surface area contributed by atoms with Gasteiger partial charge in [-0.25, -0.2) is 5.01 Å². The van der Waals surface area contributed by atoms with E-state index in [2.05, 4.69) is 0 Å². The summed E-state index contributed by atoms with van der Waals surface area (Å²) in [4.78, 5) is 28.2. The number of nitrogens with zero attached hydrogens (tertiary/aromatic N) is 3. The van der Waals surface area contributed by atoms with Crippen LogP contribution in [0.3, 0.4) is 0 Å². The number of likely N-dealkylation sites (tertiary alicyclic amines) is 1. The van der Waals surface area contributed by atoms with Crippen molar-refractivity contribution in [3.8, 4) is 11.5 Å². The number of carbonyl (C=O) groups excluding carboxylic acids is 2. The molecule has 35 heavy (non-hydrogen) atoms. The van der Waals surface area contributed by atoms with Gasteiger partial charge in [0.25, 0.3) is 5.91 Å². The molecule has 2 aromatic carbocycles. The van der Waals surface area contributed by atoms with Crippen molar-refractivity contribution in [1.82, 2.24) is 9.91 Å². The van der Waals surface area contributed by atoms with Gasteiger partial charge in [0.05, 0.1) is 39.1 Å². The molecule has 0 radical (unpaired) electrons. The highest BCUT2D eigenvalue weighted by Gasteiger charge is 2.38. The lowest BCUT2D eigenvalue weighted by molar-refractivity contribution is -0.152. The van der Waals surface area contributed by atoms with Crippen molar-refractivity contribution in [2.24, 2.45) is 5.10 Å². The first-order valence-corrected chi connectivity index (χ1v) is 12.1. The third-order valence-corrected chi connectivity index (χ3v) is 6.58. The van der Waals surface area contributed by atoms with E-state index in [1.165, 1.54) is 0 Å². The lowest BCUT2D eigenvalue weighted by Gasteiger charge is -2.34. The first-order chi connectivity index (χ1) is 17.0. The normalized spacial score (nSPS) is 20.3. The molecule has 0 N–H and O–H groups in total. The van der Waals surface area contributed by atoms with E-state index in [1.54, 1.807) is 26.2 Å². The molecule has 0 aromatic heterocycles. The molecule has 8 heteroatoms. The average molecular weight is 480 g/mol. The summed E-state index contributed by atoms with van der Waals surface area (Å²) < 4.78 is 16.4. The van der Waals surface area contributed by atoms with E-state index in [-0.39, 0.29) is 24.5 Å². The second kappa shape index (κ2) is 11.4. The van der Waals surface area contributed by atoms with Crippen LogP contribution in [0.15, 0.2) is 53.6 Å². The number of hydrogen-bond acceptors (Lipinski definition) is 7. The highest BCUT2D eigenvalue weighted by atomic mass is 16.5. The summed E-state index contributed by atoms with van der Waals surface area (Å²) in [5.41, 5.74) is 2.63. The number of hydrogen-bond donors (Lipinski definition) is 0. The fourth-order valence-electron chi connectivity index (χ4n) is 4.82. The van der Waals surface area contributed by atoms with E-state index in [0.29, 0.717) is 37.5 Å². The number of hydrazone groups is 1. The zero-order chi connectivity index (χ0) is 24.8. The number of ether oxygens (including phenoxy) is 3. The minimum absolute atomic E-state index is 0.0951. The first kappa shape index (κ1) is 24.7. The second-order valence-corrected chi connectivity index (χ2v) is 8.71. The predicted molar refractivity (Wildman–Crippen MR) is 133 cm³/mol. The first-order valence-electron chi connectivity index (χ1n) is 12.1. The van der Waals surface area contributed by atoms with Gasteiger partial charge in [0.15, 0.2) is 0 Å². The Morgan fingerprint density at radius 3 is 2.57 bits per heavy atom. The maximum absolute atomic E-state index is 13.7. The van der Waals surface area contributed by atoms with Crippen LogP contribution in [0.4, 0.5) is 0 Å². The van der Waals surface area contributed by atoms with Crippen LogP contribution in [0.2, 0.25) is 0 Å². The molecule has 0 spiro atoms. The van der Waals surface area contributed by atoms with Crippen LogP contribution in [-0.2, 0) is 14.3 Å². The Morgan fingerprint density at radius 2 is 1.86 bits per heavy atom. The highest BCUT2D eigenvalue weighted by Crippen LogP contribution is 2.39. The Bertz CT molecular complexity index is 1070. The SMILES string of the molecule is CCOC(=O)C1CCCCN1CC(=O)N1N=C(c2ccccc2)CC1c1cc(OC)ccc1OC. The topological polar surface area (TPSA) is 80.7 Å². The second-order valence-electron chi connectivity index (χ2n) is 8.71. The zero-order valence-electron chi connectivity index (χ0n) is 20.6. The lowest BCUT2D eigenvalue weighted by atomic mass is 9.97. The Morgan fingerprint density at radius 1 is 1.06 bits per heavy atom. The van der Waals surface area contributed by atoms with Gasteiger partial charge in [0.2, 0.25) is 0 Å². The third kappa shape index (κ3) is 5.48. The minimum Gasteiger partial charge on any atom is -0.497 e. The highest BCUT2D eigenvalue weighted by molar-refractivity contribution is 6.03. The van der Waals surface area contributed by atoms with Gasteiger partial charge in [-0.15, -0.1) is 0 Å². The van der Waals surface area contributed by atoms with Crippen molar-refractivity contribution in [3.63, 3.8) is 0 Å². The molecule has 2 unspecified atom stereocenters. The largest absolute Gasteiger partial charge is 0.497 e. The average Bonchev–Trinajstić information content (AvgIpc) is 3.35. The molecule has 186 valence electrons. The number of esters is 1. The molecule has 4 rings (SSSR count). The lowest BCUT2D eigenvalue weighted by Crippen LogP contribution is -2.49. The van der Waals surface area contributed by atoms with E-state index < -0.39 is 6.04 Å². The molecule has 0 aliphatic carbocycles. The summed E-state index contributed by atoms with van der Waals surface area (Å²) in [6.45, 7) is 2.89. The number of carbonyl (C=O) groups is 2. The summed E-state index contributed by atoms with van der Waals surface area (Å²) in [5.74, 6) is 0.920. The number of piperidine rings is 1. The minimum atomic E-state index is -0.405. The van der Waals surface area contributed by atoms with Crippen molar-refractivity contribution < 1.29 is 23.8 Å². The van der Waals surface area contributed by atoms with Gasteiger partial charge in [-0.1, -0.05) is 36.8 Å². The summed E-state index contributed by atoms with van der Waals surface area (Å²) in [5, 5.41) is 6.33. The summed E-state index contributed by atoms with van der Waals surface area (Å²) in [6, 6.07) is 14.7. The summed E-state index contributed by atoms with van der Waals surface area (Å²) >= 11 is 0. The van der Waals surface area contributed by atoms with Crippen LogP contribution in [-0.4, -0.2) is 67.5 Å². The molecular weight excluding hydrogens is 446 g/mol. The quantitative estimate of drug-likeness (QED) is 0.536. The maximum atomic E-state index is 13.7. The van der Waals surface area contributed by atoms with Gasteiger partial charge < -0.3 is 14.2 Å². The van der Waals surface area contributed by atoms with E-state index in [1.807, 2.05) is 53.4 Å². The van der Waals surface area contributed by atoms with Crippen molar-refractivity contribution in [2.75, 3.05) is 33.9 Å². The molecule has 1 amide bonds. The predicted octanol–water partition coefficient (Wildman–Crippen LogP) is 3.80. The smallest absolute Gasteiger partial charge is 0.323 e. The van der Waals surface area contributed by atoms with Crippen LogP contribution in [0.25, 0.3) is 0 Å². The molecule has 8 nitrogen and oxygen atoms in total. The Kier molecular flexibility index (Phi) is 8.02. The fourth-order valence-corrected chi connectivity index (χ4v) is 4.82. The van der Waals surface area contributed by atoms with Gasteiger partial charge in [0, 0.05) is 12.0 Å². The molecule has 2 aromatic rings. The molecule has 1 fully saturated rings. The Hall–Kier alpha value is -3.39. The van der Waals surface area contributed by atoms with Gasteiger partial charge >= 0.3 is 5.97 Å². The van der Waals surface area contributed by atoms with Crippen LogP contribution in [0, 0.1) is 0 Å². The number of methoxy groups -OCH3 is 2. The zero-order valence-corrected chi connectivity index (χ0v) is 20.6. The van der Waals surface area contributed by atoms with Crippen LogP contribution in [0.5, 0.6) is 11.5 Å². The molecule has 0 saturated carbocycles. The van der Waals surface area contributed by atoms with Gasteiger partial charge in [-0.05, 0) is 50.1 Å².